The van der Waals surface area contributed by atoms with Crippen LogP contribution < -0.4 is 4.72 Å². The molecule has 1 N–H and O–H groups in total. The van der Waals surface area contributed by atoms with Crippen LogP contribution in [0.1, 0.15) is 24.1 Å². The molecule has 0 heterocycles. The maximum Gasteiger partial charge on any atom is 0.419 e. The van der Waals surface area contributed by atoms with Crippen molar-refractivity contribution in [1.82, 2.24) is 4.72 Å². The molecule has 0 bridgehead atoms. The highest BCUT2D eigenvalue weighted by Gasteiger charge is 2.37. The van der Waals surface area contributed by atoms with Crippen LogP contribution in [0.2, 0.25) is 0 Å². The number of aryl methyl sites for hydroxylation is 1. The third-order valence-electron chi connectivity index (χ3n) is 3.65. The number of esters is 1. The molecule has 0 saturated heterocycles. The zero-order valence-electron chi connectivity index (χ0n) is 14.7. The van der Waals surface area contributed by atoms with Crippen LogP contribution in [0, 0.1) is 6.92 Å². The molecule has 7 nitrogen and oxygen atoms in total. The largest absolute Gasteiger partial charge is 0.457 e. The Labute approximate surface area is 166 Å². The molecule has 0 amide bonds. The van der Waals surface area contributed by atoms with Gasteiger partial charge < -0.3 is 10.3 Å². The summed E-state index contributed by atoms with van der Waals surface area (Å²) in [4.78, 5) is 15.2. The van der Waals surface area contributed by atoms with E-state index in [2.05, 4.69) is 25.4 Å². The van der Waals surface area contributed by atoms with Gasteiger partial charge in [-0.3, -0.25) is 0 Å². The van der Waals surface area contributed by atoms with Gasteiger partial charge in [0.25, 0.3) is 0 Å². The fourth-order valence-corrected chi connectivity index (χ4v) is 3.94. The van der Waals surface area contributed by atoms with Crippen molar-refractivity contribution in [1.29, 1.82) is 0 Å². The number of nitrogens with one attached hydrogen (secondary N) is 1. The number of benzene rings is 2. The van der Waals surface area contributed by atoms with Crippen molar-refractivity contribution in [2.24, 2.45) is 0 Å². The van der Waals surface area contributed by atoms with Crippen LogP contribution in [0.15, 0.2) is 57.9 Å². The van der Waals surface area contributed by atoms with Crippen molar-refractivity contribution < 1.29 is 22.7 Å². The Morgan fingerprint density at radius 1 is 1.26 bits per heavy atom. The first-order chi connectivity index (χ1) is 12.8. The van der Waals surface area contributed by atoms with E-state index in [0.29, 0.717) is 10.0 Å². The highest BCUT2D eigenvalue weighted by atomic mass is 79.9. The predicted molar refractivity (Wildman–Crippen MR) is 104 cm³/mol. The molecule has 2 rings (SSSR count). The first-order valence-electron chi connectivity index (χ1n) is 8.02. The molecule has 27 heavy (non-hydrogen) atoms. The molecule has 0 aliphatic carbocycles. The molecule has 0 aliphatic heterocycles. The Bertz CT molecular complexity index is 984. The molecule has 2 aromatic rings. The van der Waals surface area contributed by atoms with Gasteiger partial charge in [-0.25, -0.2) is 13.2 Å². The molecule has 9 heteroatoms. The van der Waals surface area contributed by atoms with Crippen LogP contribution in [0.25, 0.3) is 5.53 Å². The van der Waals surface area contributed by atoms with E-state index in [-0.39, 0.29) is 11.5 Å². The number of halogens is 1. The Morgan fingerprint density at radius 3 is 2.48 bits per heavy atom. The first-order valence-corrected chi connectivity index (χ1v) is 10.3. The normalized spacial score (nSPS) is 12.1. The monoisotopic (exact) mass is 451 g/mol. The van der Waals surface area contributed by atoms with Gasteiger partial charge >= 0.3 is 11.7 Å². The number of carbonyl (C=O) groups excluding carboxylic acids is 1. The number of rotatable bonds is 7. The summed E-state index contributed by atoms with van der Waals surface area (Å²) in [5, 5.41) is 0. The Balaban J connectivity index is 2.51. The van der Waals surface area contributed by atoms with Crippen molar-refractivity contribution in [3.63, 3.8) is 0 Å². The van der Waals surface area contributed by atoms with E-state index in [1.165, 1.54) is 12.1 Å². The molecule has 142 valence electrons. The summed E-state index contributed by atoms with van der Waals surface area (Å²) >= 11 is 3.31. The molecule has 2 aromatic carbocycles. The summed E-state index contributed by atoms with van der Waals surface area (Å²) in [5.41, 5.74) is 10.2. The van der Waals surface area contributed by atoms with Crippen LogP contribution in [0.4, 0.5) is 0 Å². The molecule has 1 unspecified atom stereocenters. The highest BCUT2D eigenvalue weighted by molar-refractivity contribution is 9.10. The van der Waals surface area contributed by atoms with Gasteiger partial charge in [0.15, 0.2) is 6.04 Å². The first kappa shape index (κ1) is 21.0. The average Bonchev–Trinajstić information content (AvgIpc) is 2.62. The van der Waals surface area contributed by atoms with Gasteiger partial charge in [-0.1, -0.05) is 45.8 Å². The second-order valence-corrected chi connectivity index (χ2v) is 8.26. The summed E-state index contributed by atoms with van der Waals surface area (Å²) in [6.45, 7) is 3.48. The number of hydrogen-bond acceptors (Lipinski definition) is 4. The smallest absolute Gasteiger partial charge is 0.419 e. The van der Waals surface area contributed by atoms with Gasteiger partial charge in [0.2, 0.25) is 10.0 Å². The number of sulfonamides is 1. The van der Waals surface area contributed by atoms with E-state index in [1.54, 1.807) is 43.3 Å². The van der Waals surface area contributed by atoms with E-state index < -0.39 is 27.7 Å². The summed E-state index contributed by atoms with van der Waals surface area (Å²) in [6, 6.07) is 11.6. The van der Waals surface area contributed by atoms with Crippen molar-refractivity contribution in [2.75, 3.05) is 6.61 Å². The second kappa shape index (κ2) is 9.05. The molecular formula is C18H18BrN3O4S. The Hall–Kier alpha value is -2.32. The van der Waals surface area contributed by atoms with Crippen LogP contribution in [-0.2, 0) is 19.6 Å². The minimum atomic E-state index is -4.01. The maximum atomic E-state index is 12.8. The van der Waals surface area contributed by atoms with Crippen molar-refractivity contribution in [3.8, 4) is 0 Å². The SMILES string of the molecule is CCOC(=O)C(=[N+]=[N-])C(NS(=O)(=O)c1ccc(C)cc1)c1cccc(Br)c1. The fraction of sp³-hybridized carbons (Fsp3) is 0.222. The van der Waals surface area contributed by atoms with Crippen LogP contribution in [0.3, 0.4) is 0 Å². The van der Waals surface area contributed by atoms with Gasteiger partial charge in [-0.15, -0.1) is 0 Å². The fourth-order valence-electron chi connectivity index (χ4n) is 2.33. The zero-order chi connectivity index (χ0) is 20.0. The second-order valence-electron chi connectivity index (χ2n) is 5.63. The molecule has 0 radical (unpaired) electrons. The van der Waals surface area contributed by atoms with Gasteiger partial charge in [0.1, 0.15) is 0 Å². The summed E-state index contributed by atoms with van der Waals surface area (Å²) in [7, 11) is -4.01. The lowest BCUT2D eigenvalue weighted by Crippen LogP contribution is -2.38. The minimum Gasteiger partial charge on any atom is -0.457 e. The van der Waals surface area contributed by atoms with Crippen LogP contribution in [-0.4, -0.2) is 31.5 Å². The van der Waals surface area contributed by atoms with E-state index in [9.17, 15) is 18.7 Å². The van der Waals surface area contributed by atoms with Gasteiger partial charge in [0.05, 0.1) is 11.5 Å². The van der Waals surface area contributed by atoms with E-state index >= 15 is 0 Å². The van der Waals surface area contributed by atoms with E-state index in [4.69, 9.17) is 4.74 Å². The molecule has 0 aromatic heterocycles. The van der Waals surface area contributed by atoms with E-state index in [1.807, 2.05) is 6.92 Å². The molecule has 1 atom stereocenters. The van der Waals surface area contributed by atoms with Crippen molar-refractivity contribution in [3.05, 3.63) is 69.7 Å². The minimum absolute atomic E-state index is 0.0224. The topological polar surface area (TPSA) is 109 Å². The van der Waals surface area contributed by atoms with Crippen LogP contribution in [0.5, 0.6) is 0 Å². The molecule has 0 fully saturated rings. The zero-order valence-corrected chi connectivity index (χ0v) is 17.1. The Morgan fingerprint density at radius 2 is 1.93 bits per heavy atom. The van der Waals surface area contributed by atoms with Gasteiger partial charge in [-0.05, 0) is 43.7 Å². The predicted octanol–water partition coefficient (Wildman–Crippen LogP) is 3.01. The number of nitrogens with zero attached hydrogens (tertiary/aromatic N) is 2. The summed E-state index contributed by atoms with van der Waals surface area (Å²) < 4.78 is 33.6. The lowest BCUT2D eigenvalue weighted by molar-refractivity contribution is -0.140. The third kappa shape index (κ3) is 5.33. The van der Waals surface area contributed by atoms with Crippen molar-refractivity contribution >= 4 is 37.6 Å². The third-order valence-corrected chi connectivity index (χ3v) is 5.58. The van der Waals surface area contributed by atoms with Crippen molar-refractivity contribution in [2.45, 2.75) is 24.8 Å². The molecule has 0 saturated carbocycles. The lowest BCUT2D eigenvalue weighted by atomic mass is 10.0. The molecule has 0 aliphatic rings. The maximum absolute atomic E-state index is 12.8. The molecular weight excluding hydrogens is 434 g/mol. The number of carbonyl (C=O) groups is 1. The average molecular weight is 452 g/mol. The van der Waals surface area contributed by atoms with E-state index in [0.717, 1.165) is 5.56 Å². The lowest BCUT2D eigenvalue weighted by Gasteiger charge is -2.16. The number of hydrogen-bond donors (Lipinski definition) is 1. The summed E-state index contributed by atoms with van der Waals surface area (Å²) in [6.07, 6.45) is 0. The highest BCUT2D eigenvalue weighted by Crippen LogP contribution is 2.22. The van der Waals surface area contributed by atoms with Crippen LogP contribution >= 0.6 is 15.9 Å². The quantitative estimate of drug-likeness (QED) is 0.302. The summed E-state index contributed by atoms with van der Waals surface area (Å²) in [5.74, 6) is -0.920. The Kier molecular flexibility index (Phi) is 7.04. The standard InChI is InChI=1S/C18H18BrN3O4S/c1-3-26-18(23)17(21-20)16(13-5-4-6-14(19)11-13)22-27(24,25)15-9-7-12(2)8-10-15/h4-11,16,22H,3H2,1-2H3. The van der Waals surface area contributed by atoms with Gasteiger partial charge in [0, 0.05) is 4.47 Å². The van der Waals surface area contributed by atoms with Gasteiger partial charge in [-0.2, -0.15) is 9.51 Å². The molecule has 0 spiro atoms. The number of ether oxygens (including phenoxy) is 1.